The number of ether oxygens (including phenoxy) is 1. The van der Waals surface area contributed by atoms with Gasteiger partial charge in [0.05, 0.1) is 6.42 Å². The van der Waals surface area contributed by atoms with E-state index in [1.807, 2.05) is 32.0 Å². The zero-order valence-corrected chi connectivity index (χ0v) is 14.3. The molecular weight excluding hydrogens is 328 g/mol. The molecule has 0 saturated carbocycles. The highest BCUT2D eigenvalue weighted by Crippen LogP contribution is 2.18. The zero-order valence-electron chi connectivity index (χ0n) is 13.6. The van der Waals surface area contributed by atoms with Crippen molar-refractivity contribution < 1.29 is 14.3 Å². The van der Waals surface area contributed by atoms with E-state index < -0.39 is 5.91 Å². The Morgan fingerprint density at radius 2 is 1.67 bits per heavy atom. The van der Waals surface area contributed by atoms with E-state index in [4.69, 9.17) is 16.3 Å². The molecule has 6 heteroatoms. The van der Waals surface area contributed by atoms with Crippen LogP contribution >= 0.6 is 11.6 Å². The summed E-state index contributed by atoms with van der Waals surface area (Å²) in [5, 5.41) is 0.607. The minimum atomic E-state index is -0.430. The zero-order chi connectivity index (χ0) is 17.5. The van der Waals surface area contributed by atoms with Crippen LogP contribution in [0.4, 0.5) is 0 Å². The van der Waals surface area contributed by atoms with Crippen LogP contribution in [0.1, 0.15) is 16.7 Å². The Balaban J connectivity index is 1.75. The maximum atomic E-state index is 11.8. The topological polar surface area (TPSA) is 67.4 Å². The van der Waals surface area contributed by atoms with E-state index in [-0.39, 0.29) is 18.9 Å². The first kappa shape index (κ1) is 17.8. The molecule has 0 aliphatic carbocycles. The van der Waals surface area contributed by atoms with Crippen molar-refractivity contribution in [1.29, 1.82) is 0 Å². The second-order valence-corrected chi connectivity index (χ2v) is 5.89. The van der Waals surface area contributed by atoms with E-state index in [0.29, 0.717) is 10.8 Å². The molecule has 0 aromatic heterocycles. The van der Waals surface area contributed by atoms with Crippen LogP contribution in [0.5, 0.6) is 5.75 Å². The summed E-state index contributed by atoms with van der Waals surface area (Å²) in [5.74, 6) is -0.101. The Morgan fingerprint density at radius 1 is 1.00 bits per heavy atom. The predicted octanol–water partition coefficient (Wildman–Crippen LogP) is 2.73. The van der Waals surface area contributed by atoms with Crippen LogP contribution in [-0.4, -0.2) is 18.4 Å². The molecule has 0 bridgehead atoms. The first-order valence-corrected chi connectivity index (χ1v) is 7.84. The van der Waals surface area contributed by atoms with Crippen LogP contribution in [0.15, 0.2) is 42.5 Å². The number of hydrogen-bond donors (Lipinski definition) is 2. The van der Waals surface area contributed by atoms with Crippen molar-refractivity contribution in [2.24, 2.45) is 0 Å². The average Bonchev–Trinajstić information content (AvgIpc) is 2.56. The van der Waals surface area contributed by atoms with E-state index in [1.165, 1.54) is 0 Å². The summed E-state index contributed by atoms with van der Waals surface area (Å²) >= 11 is 5.79. The predicted molar refractivity (Wildman–Crippen MR) is 92.9 cm³/mol. The molecule has 0 aliphatic rings. The maximum absolute atomic E-state index is 11.8. The summed E-state index contributed by atoms with van der Waals surface area (Å²) in [4.78, 5) is 23.5. The third-order valence-corrected chi connectivity index (χ3v) is 3.57. The summed E-state index contributed by atoms with van der Waals surface area (Å²) in [5.41, 5.74) is 7.48. The number of hydrazine groups is 1. The van der Waals surface area contributed by atoms with Crippen LogP contribution in [0.3, 0.4) is 0 Å². The number of rotatable bonds is 5. The fourth-order valence-electron chi connectivity index (χ4n) is 2.01. The smallest absolute Gasteiger partial charge is 0.276 e. The molecule has 2 aromatic carbocycles. The highest BCUT2D eigenvalue weighted by molar-refractivity contribution is 6.30. The SMILES string of the molecule is Cc1ccc(C)c(OCC(=O)NNC(=O)Cc2ccc(Cl)cc2)c1. The number of carbonyl (C=O) groups is 2. The summed E-state index contributed by atoms with van der Waals surface area (Å²) in [7, 11) is 0. The summed E-state index contributed by atoms with van der Waals surface area (Å²) in [6.07, 6.45) is 0.148. The third kappa shape index (κ3) is 5.59. The van der Waals surface area contributed by atoms with Gasteiger partial charge in [-0.15, -0.1) is 0 Å². The standard InChI is InChI=1S/C18H19ClN2O3/c1-12-3-4-13(2)16(9-12)24-11-18(23)21-20-17(22)10-14-5-7-15(19)8-6-14/h3-9H,10-11H2,1-2H3,(H,20,22)(H,21,23). The van der Waals surface area contributed by atoms with Crippen molar-refractivity contribution in [3.8, 4) is 5.75 Å². The highest BCUT2D eigenvalue weighted by Gasteiger charge is 2.08. The van der Waals surface area contributed by atoms with E-state index >= 15 is 0 Å². The van der Waals surface area contributed by atoms with E-state index in [1.54, 1.807) is 24.3 Å². The molecule has 24 heavy (non-hydrogen) atoms. The van der Waals surface area contributed by atoms with Gasteiger partial charge in [-0.2, -0.15) is 0 Å². The fraction of sp³-hybridized carbons (Fsp3) is 0.222. The second-order valence-electron chi connectivity index (χ2n) is 5.46. The molecule has 0 radical (unpaired) electrons. The van der Waals surface area contributed by atoms with E-state index in [0.717, 1.165) is 16.7 Å². The third-order valence-electron chi connectivity index (χ3n) is 3.32. The van der Waals surface area contributed by atoms with Crippen molar-refractivity contribution in [3.63, 3.8) is 0 Å². The normalized spacial score (nSPS) is 10.1. The molecule has 5 nitrogen and oxygen atoms in total. The van der Waals surface area contributed by atoms with Gasteiger partial charge in [-0.25, -0.2) is 0 Å². The molecule has 2 amide bonds. The number of nitrogens with one attached hydrogen (secondary N) is 2. The molecular formula is C18H19ClN2O3. The molecule has 126 valence electrons. The quantitative estimate of drug-likeness (QED) is 0.818. The molecule has 0 atom stereocenters. The molecule has 0 aliphatic heterocycles. The van der Waals surface area contributed by atoms with Gasteiger partial charge in [0.1, 0.15) is 5.75 Å². The maximum Gasteiger partial charge on any atom is 0.276 e. The van der Waals surface area contributed by atoms with Gasteiger partial charge in [0.25, 0.3) is 5.91 Å². The van der Waals surface area contributed by atoms with Crippen LogP contribution in [0.25, 0.3) is 0 Å². The highest BCUT2D eigenvalue weighted by atomic mass is 35.5. The number of carbonyl (C=O) groups excluding carboxylic acids is 2. The number of amides is 2. The van der Waals surface area contributed by atoms with Gasteiger partial charge in [0.2, 0.25) is 5.91 Å². The first-order valence-electron chi connectivity index (χ1n) is 7.46. The number of hydrogen-bond acceptors (Lipinski definition) is 3. The lowest BCUT2D eigenvalue weighted by atomic mass is 10.1. The second kappa shape index (κ2) is 8.36. The molecule has 0 heterocycles. The van der Waals surface area contributed by atoms with Gasteiger partial charge < -0.3 is 4.74 Å². The minimum absolute atomic E-state index is 0.148. The molecule has 2 N–H and O–H groups in total. The Bertz CT molecular complexity index is 730. The van der Waals surface area contributed by atoms with E-state index in [9.17, 15) is 9.59 Å². The fourth-order valence-corrected chi connectivity index (χ4v) is 2.14. The Hall–Kier alpha value is -2.53. The van der Waals surface area contributed by atoms with Crippen molar-refractivity contribution in [2.75, 3.05) is 6.61 Å². The van der Waals surface area contributed by atoms with Gasteiger partial charge in [-0.05, 0) is 48.7 Å². The lowest BCUT2D eigenvalue weighted by Gasteiger charge is -2.11. The molecule has 0 saturated heterocycles. The van der Waals surface area contributed by atoms with Crippen LogP contribution in [0, 0.1) is 13.8 Å². The largest absolute Gasteiger partial charge is 0.483 e. The van der Waals surface area contributed by atoms with Gasteiger partial charge in [0, 0.05) is 5.02 Å². The lowest BCUT2D eigenvalue weighted by molar-refractivity contribution is -0.129. The van der Waals surface area contributed by atoms with Gasteiger partial charge >= 0.3 is 0 Å². The van der Waals surface area contributed by atoms with Crippen LogP contribution in [-0.2, 0) is 16.0 Å². The molecule has 0 unspecified atom stereocenters. The lowest BCUT2D eigenvalue weighted by Crippen LogP contribution is -2.44. The van der Waals surface area contributed by atoms with Gasteiger partial charge in [-0.3, -0.25) is 20.4 Å². The minimum Gasteiger partial charge on any atom is -0.483 e. The van der Waals surface area contributed by atoms with Crippen molar-refractivity contribution in [2.45, 2.75) is 20.3 Å². The van der Waals surface area contributed by atoms with Crippen LogP contribution < -0.4 is 15.6 Å². The summed E-state index contributed by atoms with van der Waals surface area (Å²) in [6.45, 7) is 3.68. The number of halogens is 1. The van der Waals surface area contributed by atoms with Crippen LogP contribution in [0.2, 0.25) is 5.02 Å². The Kier molecular flexibility index (Phi) is 6.21. The molecule has 0 spiro atoms. The van der Waals surface area contributed by atoms with Crippen molar-refractivity contribution in [1.82, 2.24) is 10.9 Å². The molecule has 0 fully saturated rings. The van der Waals surface area contributed by atoms with Crippen molar-refractivity contribution >= 4 is 23.4 Å². The summed E-state index contributed by atoms with van der Waals surface area (Å²) < 4.78 is 5.47. The van der Waals surface area contributed by atoms with Crippen molar-refractivity contribution in [3.05, 3.63) is 64.2 Å². The van der Waals surface area contributed by atoms with E-state index in [2.05, 4.69) is 10.9 Å². The average molecular weight is 347 g/mol. The number of aryl methyl sites for hydroxylation is 2. The Morgan fingerprint density at radius 3 is 2.38 bits per heavy atom. The first-order chi connectivity index (χ1) is 11.4. The monoisotopic (exact) mass is 346 g/mol. The van der Waals surface area contributed by atoms with Gasteiger partial charge in [-0.1, -0.05) is 35.9 Å². The number of benzene rings is 2. The summed E-state index contributed by atoms with van der Waals surface area (Å²) in [6, 6.07) is 12.7. The Labute approximate surface area is 145 Å². The molecule has 2 rings (SSSR count). The molecule has 2 aromatic rings. The van der Waals surface area contributed by atoms with Gasteiger partial charge in [0.15, 0.2) is 6.61 Å².